The van der Waals surface area contributed by atoms with Gasteiger partial charge >= 0.3 is 5.97 Å². The lowest BCUT2D eigenvalue weighted by Gasteiger charge is -2.10. The summed E-state index contributed by atoms with van der Waals surface area (Å²) in [7, 11) is 0. The molecular weight excluding hydrogens is 331 g/mol. The van der Waals surface area contributed by atoms with Gasteiger partial charge in [0.1, 0.15) is 11.4 Å². The van der Waals surface area contributed by atoms with Crippen LogP contribution in [-0.4, -0.2) is 22.5 Å². The van der Waals surface area contributed by atoms with Crippen LogP contribution in [0.1, 0.15) is 68.6 Å². The number of esters is 1. The van der Waals surface area contributed by atoms with Gasteiger partial charge in [-0.25, -0.2) is 19.2 Å². The van der Waals surface area contributed by atoms with Gasteiger partial charge in [-0.05, 0) is 18.6 Å². The van der Waals surface area contributed by atoms with Crippen molar-refractivity contribution in [3.05, 3.63) is 48.0 Å². The van der Waals surface area contributed by atoms with Crippen LogP contribution >= 0.6 is 0 Å². The number of nitrogens with zero attached hydrogens (tertiary/aromatic N) is 2. The number of unbranched alkanes of at least 4 members (excludes halogenated alkanes) is 7. The molecule has 1 aromatic heterocycles. The van der Waals surface area contributed by atoms with Gasteiger partial charge in [-0.15, -0.1) is 0 Å². The van der Waals surface area contributed by atoms with Crippen LogP contribution in [-0.2, 0) is 4.74 Å². The molecule has 0 spiro atoms. The summed E-state index contributed by atoms with van der Waals surface area (Å²) in [6, 6.07) is 6.09. The highest BCUT2D eigenvalue weighted by atomic mass is 19.1. The zero-order chi connectivity index (χ0) is 18.6. The summed E-state index contributed by atoms with van der Waals surface area (Å²) >= 11 is 0. The van der Waals surface area contributed by atoms with E-state index in [-0.39, 0.29) is 5.56 Å². The standard InChI is InChI=1S/C21H27FN2O2/c1-2-3-4-5-6-7-8-9-16-26-21(25)19-17(12-10-13-18(19)22)20-23-14-11-15-24-20/h10-15H,2-9,16H2,1H3. The summed E-state index contributed by atoms with van der Waals surface area (Å²) in [5.74, 6) is -0.963. The monoisotopic (exact) mass is 358 g/mol. The number of benzene rings is 1. The highest BCUT2D eigenvalue weighted by Crippen LogP contribution is 2.23. The predicted octanol–water partition coefficient (Wildman–Crippen LogP) is 5.58. The Morgan fingerprint density at radius 2 is 1.62 bits per heavy atom. The van der Waals surface area contributed by atoms with Gasteiger partial charge in [0, 0.05) is 18.0 Å². The maximum absolute atomic E-state index is 14.2. The van der Waals surface area contributed by atoms with E-state index in [0.717, 1.165) is 19.3 Å². The SMILES string of the molecule is CCCCCCCCCCOC(=O)c1c(F)cccc1-c1ncccn1. The topological polar surface area (TPSA) is 52.1 Å². The maximum atomic E-state index is 14.2. The molecule has 1 heterocycles. The molecule has 0 fully saturated rings. The van der Waals surface area contributed by atoms with Gasteiger partial charge in [0.2, 0.25) is 0 Å². The Bertz CT molecular complexity index is 677. The van der Waals surface area contributed by atoms with Crippen LogP contribution < -0.4 is 0 Å². The normalized spacial score (nSPS) is 10.7. The molecular formula is C21H27FN2O2. The Morgan fingerprint density at radius 1 is 0.962 bits per heavy atom. The highest BCUT2D eigenvalue weighted by Gasteiger charge is 2.20. The van der Waals surface area contributed by atoms with Gasteiger partial charge in [0.25, 0.3) is 0 Å². The third-order valence-corrected chi connectivity index (χ3v) is 4.26. The molecule has 0 aliphatic heterocycles. The highest BCUT2D eigenvalue weighted by molar-refractivity contribution is 5.96. The smallest absolute Gasteiger partial charge is 0.341 e. The molecule has 0 aliphatic carbocycles. The zero-order valence-corrected chi connectivity index (χ0v) is 15.4. The number of carbonyl (C=O) groups is 1. The van der Waals surface area contributed by atoms with Crippen molar-refractivity contribution in [1.29, 1.82) is 0 Å². The molecule has 2 aromatic rings. The Balaban J connectivity index is 1.83. The summed E-state index contributed by atoms with van der Waals surface area (Å²) in [5.41, 5.74) is 0.254. The van der Waals surface area contributed by atoms with Crippen molar-refractivity contribution in [2.45, 2.75) is 58.3 Å². The van der Waals surface area contributed by atoms with Gasteiger partial charge in [-0.1, -0.05) is 64.0 Å². The Labute approximate surface area is 154 Å². The van der Waals surface area contributed by atoms with E-state index in [1.165, 1.54) is 44.2 Å². The van der Waals surface area contributed by atoms with E-state index in [4.69, 9.17) is 4.74 Å². The van der Waals surface area contributed by atoms with Crippen molar-refractivity contribution in [3.8, 4) is 11.4 Å². The lowest BCUT2D eigenvalue weighted by molar-refractivity contribution is 0.0493. The van der Waals surface area contributed by atoms with Gasteiger partial charge in [-0.3, -0.25) is 0 Å². The number of aromatic nitrogens is 2. The van der Waals surface area contributed by atoms with Crippen LogP contribution in [0.4, 0.5) is 4.39 Å². The molecule has 5 heteroatoms. The van der Waals surface area contributed by atoms with Crippen LogP contribution in [0.2, 0.25) is 0 Å². The van der Waals surface area contributed by atoms with Gasteiger partial charge in [0.15, 0.2) is 5.82 Å². The summed E-state index contributed by atoms with van der Waals surface area (Å²) in [4.78, 5) is 20.5. The van der Waals surface area contributed by atoms with Crippen LogP contribution in [0.25, 0.3) is 11.4 Å². The summed E-state index contributed by atoms with van der Waals surface area (Å²) in [6.45, 7) is 2.51. The molecule has 4 nitrogen and oxygen atoms in total. The largest absolute Gasteiger partial charge is 0.462 e. The minimum atomic E-state index is -0.659. The molecule has 0 atom stereocenters. The first-order chi connectivity index (χ1) is 12.7. The second-order valence-electron chi connectivity index (χ2n) is 6.35. The number of ether oxygens (including phenoxy) is 1. The predicted molar refractivity (Wildman–Crippen MR) is 100 cm³/mol. The van der Waals surface area contributed by atoms with Crippen molar-refractivity contribution in [1.82, 2.24) is 9.97 Å². The van der Waals surface area contributed by atoms with Crippen molar-refractivity contribution >= 4 is 5.97 Å². The molecule has 140 valence electrons. The quantitative estimate of drug-likeness (QED) is 0.389. The average molecular weight is 358 g/mol. The lowest BCUT2D eigenvalue weighted by atomic mass is 10.1. The molecule has 0 radical (unpaired) electrons. The summed E-state index contributed by atoms with van der Waals surface area (Å²) in [6.07, 6.45) is 12.4. The number of rotatable bonds is 11. The van der Waals surface area contributed by atoms with Crippen molar-refractivity contribution in [2.75, 3.05) is 6.61 Å². The first-order valence-corrected chi connectivity index (χ1v) is 9.47. The molecule has 2 rings (SSSR count). The lowest BCUT2D eigenvalue weighted by Crippen LogP contribution is -2.11. The minimum absolute atomic E-state index is 0.0988. The van der Waals surface area contributed by atoms with E-state index >= 15 is 0 Å². The second-order valence-corrected chi connectivity index (χ2v) is 6.35. The van der Waals surface area contributed by atoms with Gasteiger partial charge in [0.05, 0.1) is 6.61 Å². The Morgan fingerprint density at radius 3 is 2.31 bits per heavy atom. The first kappa shape index (κ1) is 20.0. The minimum Gasteiger partial charge on any atom is -0.462 e. The Kier molecular flexibility index (Phi) is 8.73. The van der Waals surface area contributed by atoms with Gasteiger partial charge in [-0.2, -0.15) is 0 Å². The molecule has 0 amide bonds. The van der Waals surface area contributed by atoms with E-state index < -0.39 is 11.8 Å². The van der Waals surface area contributed by atoms with Crippen molar-refractivity contribution in [2.24, 2.45) is 0 Å². The molecule has 0 N–H and O–H groups in total. The third kappa shape index (κ3) is 6.21. The molecule has 1 aromatic carbocycles. The van der Waals surface area contributed by atoms with E-state index in [1.807, 2.05) is 0 Å². The number of hydrogen-bond donors (Lipinski definition) is 0. The molecule has 0 saturated heterocycles. The van der Waals surface area contributed by atoms with Crippen LogP contribution in [0, 0.1) is 5.82 Å². The van der Waals surface area contributed by atoms with E-state index in [9.17, 15) is 9.18 Å². The van der Waals surface area contributed by atoms with E-state index in [0.29, 0.717) is 18.0 Å². The number of halogens is 1. The third-order valence-electron chi connectivity index (χ3n) is 4.26. The fraction of sp³-hybridized carbons (Fsp3) is 0.476. The zero-order valence-electron chi connectivity index (χ0n) is 15.4. The molecule has 0 aliphatic rings. The van der Waals surface area contributed by atoms with Gasteiger partial charge < -0.3 is 4.74 Å². The molecule has 0 saturated carbocycles. The average Bonchev–Trinajstić information content (AvgIpc) is 2.67. The van der Waals surface area contributed by atoms with Crippen LogP contribution in [0.5, 0.6) is 0 Å². The maximum Gasteiger partial charge on any atom is 0.341 e. The first-order valence-electron chi connectivity index (χ1n) is 9.47. The number of hydrogen-bond acceptors (Lipinski definition) is 4. The summed E-state index contributed by atoms with van der Waals surface area (Å²) < 4.78 is 19.5. The van der Waals surface area contributed by atoms with E-state index in [2.05, 4.69) is 16.9 Å². The van der Waals surface area contributed by atoms with Crippen LogP contribution in [0.3, 0.4) is 0 Å². The number of carbonyl (C=O) groups excluding carboxylic acids is 1. The molecule has 26 heavy (non-hydrogen) atoms. The van der Waals surface area contributed by atoms with Crippen LogP contribution in [0.15, 0.2) is 36.7 Å². The fourth-order valence-corrected chi connectivity index (χ4v) is 2.83. The Hall–Kier alpha value is -2.30. The summed E-state index contributed by atoms with van der Waals surface area (Å²) in [5, 5.41) is 0. The van der Waals surface area contributed by atoms with E-state index in [1.54, 1.807) is 24.5 Å². The molecule has 0 unspecified atom stereocenters. The van der Waals surface area contributed by atoms with Crippen molar-refractivity contribution < 1.29 is 13.9 Å². The van der Waals surface area contributed by atoms with Crippen molar-refractivity contribution in [3.63, 3.8) is 0 Å². The molecule has 0 bridgehead atoms. The fourth-order valence-electron chi connectivity index (χ4n) is 2.83. The second kappa shape index (κ2) is 11.3.